The van der Waals surface area contributed by atoms with E-state index in [0.29, 0.717) is 11.3 Å². The molecule has 0 aromatic heterocycles. The van der Waals surface area contributed by atoms with Crippen molar-refractivity contribution in [3.63, 3.8) is 0 Å². The number of hydrogen-bond donors (Lipinski definition) is 1. The maximum atomic E-state index is 6.36. The first-order chi connectivity index (χ1) is 8.66. The van der Waals surface area contributed by atoms with Crippen LogP contribution in [0.1, 0.15) is 49.7 Å². The lowest BCUT2D eigenvalue weighted by Gasteiger charge is -2.26. The fourth-order valence-corrected chi connectivity index (χ4v) is 4.05. The highest BCUT2D eigenvalue weighted by atomic mass is 32.2. The van der Waals surface area contributed by atoms with E-state index in [1.165, 1.54) is 54.5 Å². The van der Waals surface area contributed by atoms with Crippen LogP contribution in [-0.4, -0.2) is 11.3 Å². The van der Waals surface area contributed by atoms with Gasteiger partial charge in [0.25, 0.3) is 0 Å². The zero-order valence-electron chi connectivity index (χ0n) is 11.6. The largest absolute Gasteiger partial charge is 0.327 e. The molecule has 1 aromatic rings. The van der Waals surface area contributed by atoms with Crippen molar-refractivity contribution >= 4 is 11.8 Å². The van der Waals surface area contributed by atoms with Crippen molar-refractivity contribution in [2.24, 2.45) is 5.73 Å². The molecule has 1 nitrogen and oxygen atoms in total. The minimum absolute atomic E-state index is 0.371. The third-order valence-corrected chi connectivity index (χ3v) is 5.46. The van der Waals surface area contributed by atoms with Crippen LogP contribution in [0.2, 0.25) is 0 Å². The van der Waals surface area contributed by atoms with Crippen LogP contribution < -0.4 is 5.73 Å². The molecule has 0 heterocycles. The van der Waals surface area contributed by atoms with Crippen LogP contribution in [0, 0.1) is 13.8 Å². The molecule has 100 valence electrons. The highest BCUT2D eigenvalue weighted by Crippen LogP contribution is 2.34. The molecule has 0 amide bonds. The molecular weight excluding hydrogens is 238 g/mol. The Morgan fingerprint density at radius 1 is 1.06 bits per heavy atom. The second-order valence-corrected chi connectivity index (χ2v) is 6.86. The number of nitrogens with two attached hydrogens (primary N) is 1. The Hall–Kier alpha value is -0.470. The van der Waals surface area contributed by atoms with Gasteiger partial charge in [-0.05, 0) is 38.3 Å². The van der Waals surface area contributed by atoms with Crippen molar-refractivity contribution in [1.82, 2.24) is 0 Å². The van der Waals surface area contributed by atoms with E-state index in [4.69, 9.17) is 5.73 Å². The zero-order valence-corrected chi connectivity index (χ0v) is 12.4. The summed E-state index contributed by atoms with van der Waals surface area (Å²) in [5.41, 5.74) is 9.10. The first kappa shape index (κ1) is 14.0. The quantitative estimate of drug-likeness (QED) is 0.853. The Labute approximate surface area is 116 Å². The monoisotopic (exact) mass is 263 g/mol. The third-order valence-electron chi connectivity index (χ3n) is 3.88. The van der Waals surface area contributed by atoms with Crippen molar-refractivity contribution in [3.8, 4) is 0 Å². The van der Waals surface area contributed by atoms with Crippen LogP contribution in [-0.2, 0) is 0 Å². The molecule has 2 heteroatoms. The van der Waals surface area contributed by atoms with Gasteiger partial charge in [0, 0.05) is 16.2 Å². The molecule has 1 aromatic carbocycles. The van der Waals surface area contributed by atoms with Crippen LogP contribution in [0.5, 0.6) is 0 Å². The average Bonchev–Trinajstić information content (AvgIpc) is 2.33. The lowest BCUT2D eigenvalue weighted by Crippen LogP contribution is -2.33. The lowest BCUT2D eigenvalue weighted by molar-refractivity contribution is 0.463. The van der Waals surface area contributed by atoms with E-state index in [0.717, 1.165) is 0 Å². The van der Waals surface area contributed by atoms with Crippen molar-refractivity contribution in [2.45, 2.75) is 68.6 Å². The molecule has 0 aliphatic heterocycles. The average molecular weight is 263 g/mol. The summed E-state index contributed by atoms with van der Waals surface area (Å²) >= 11 is 2.01. The highest BCUT2D eigenvalue weighted by molar-refractivity contribution is 8.00. The van der Waals surface area contributed by atoms with Crippen molar-refractivity contribution in [3.05, 3.63) is 29.3 Å². The molecule has 0 bridgehead atoms. The topological polar surface area (TPSA) is 26.0 Å². The van der Waals surface area contributed by atoms with Gasteiger partial charge >= 0.3 is 0 Å². The zero-order chi connectivity index (χ0) is 13.0. The first-order valence-corrected chi connectivity index (χ1v) is 8.04. The second-order valence-electron chi connectivity index (χ2n) is 5.58. The van der Waals surface area contributed by atoms with E-state index in [1.807, 2.05) is 11.8 Å². The first-order valence-electron chi connectivity index (χ1n) is 7.16. The predicted octanol–water partition coefficient (Wildman–Crippen LogP) is 4.45. The third kappa shape index (κ3) is 3.76. The van der Waals surface area contributed by atoms with Gasteiger partial charge in [0.05, 0.1) is 0 Å². The van der Waals surface area contributed by atoms with Gasteiger partial charge in [0.1, 0.15) is 0 Å². The smallest absolute Gasteiger partial charge is 0.0246 e. The van der Waals surface area contributed by atoms with Crippen LogP contribution in [0.4, 0.5) is 0 Å². The minimum Gasteiger partial charge on any atom is -0.327 e. The van der Waals surface area contributed by atoms with E-state index in [2.05, 4.69) is 32.0 Å². The Morgan fingerprint density at radius 3 is 2.56 bits per heavy atom. The summed E-state index contributed by atoms with van der Waals surface area (Å²) < 4.78 is 0. The summed E-state index contributed by atoms with van der Waals surface area (Å²) in [6.07, 6.45) is 7.88. The van der Waals surface area contributed by atoms with Gasteiger partial charge in [-0.1, -0.05) is 43.4 Å². The standard InChI is InChI=1S/C16H25NS/c1-12-9-10-13(2)16(11-12)18-15-8-6-4-3-5-7-14(15)17/h9-11,14-15H,3-8,17H2,1-2H3. The summed E-state index contributed by atoms with van der Waals surface area (Å²) in [7, 11) is 0. The SMILES string of the molecule is Cc1ccc(C)c(SC2CCCCCCC2N)c1. The summed E-state index contributed by atoms with van der Waals surface area (Å²) in [6.45, 7) is 4.37. The molecule has 1 fully saturated rings. The fourth-order valence-electron chi connectivity index (χ4n) is 2.62. The second kappa shape index (κ2) is 6.63. The summed E-state index contributed by atoms with van der Waals surface area (Å²) in [5, 5.41) is 0.603. The Balaban J connectivity index is 2.07. The number of hydrogen-bond acceptors (Lipinski definition) is 2. The maximum Gasteiger partial charge on any atom is 0.0246 e. The minimum atomic E-state index is 0.371. The maximum absolute atomic E-state index is 6.36. The number of aryl methyl sites for hydroxylation is 2. The number of benzene rings is 1. The normalized spacial score (nSPS) is 25.5. The van der Waals surface area contributed by atoms with Crippen LogP contribution in [0.3, 0.4) is 0 Å². The van der Waals surface area contributed by atoms with Gasteiger partial charge in [0.15, 0.2) is 0 Å². The van der Waals surface area contributed by atoms with Gasteiger partial charge in [0.2, 0.25) is 0 Å². The molecule has 0 spiro atoms. The molecule has 1 saturated carbocycles. The summed E-state index contributed by atoms with van der Waals surface area (Å²) in [6, 6.07) is 7.10. The van der Waals surface area contributed by atoms with Gasteiger partial charge in [-0.25, -0.2) is 0 Å². The van der Waals surface area contributed by atoms with Crippen molar-refractivity contribution < 1.29 is 0 Å². The predicted molar refractivity (Wildman–Crippen MR) is 81.2 cm³/mol. The fraction of sp³-hybridized carbons (Fsp3) is 0.625. The van der Waals surface area contributed by atoms with E-state index >= 15 is 0 Å². The van der Waals surface area contributed by atoms with E-state index in [-0.39, 0.29) is 0 Å². The van der Waals surface area contributed by atoms with Gasteiger partial charge in [-0.3, -0.25) is 0 Å². The summed E-state index contributed by atoms with van der Waals surface area (Å²) in [5.74, 6) is 0. The molecule has 0 radical (unpaired) electrons. The molecular formula is C16H25NS. The van der Waals surface area contributed by atoms with E-state index in [9.17, 15) is 0 Å². The van der Waals surface area contributed by atoms with Crippen LogP contribution in [0.25, 0.3) is 0 Å². The van der Waals surface area contributed by atoms with E-state index in [1.54, 1.807) is 0 Å². The molecule has 2 unspecified atom stereocenters. The lowest BCUT2D eigenvalue weighted by atomic mass is 9.97. The highest BCUT2D eigenvalue weighted by Gasteiger charge is 2.21. The molecule has 0 saturated heterocycles. The van der Waals surface area contributed by atoms with Crippen LogP contribution in [0.15, 0.2) is 23.1 Å². The Kier molecular flexibility index (Phi) is 5.13. The number of rotatable bonds is 2. The molecule has 1 aliphatic rings. The van der Waals surface area contributed by atoms with Crippen LogP contribution >= 0.6 is 11.8 Å². The van der Waals surface area contributed by atoms with Gasteiger partial charge in [-0.2, -0.15) is 0 Å². The van der Waals surface area contributed by atoms with Crippen molar-refractivity contribution in [2.75, 3.05) is 0 Å². The van der Waals surface area contributed by atoms with Crippen molar-refractivity contribution in [1.29, 1.82) is 0 Å². The van der Waals surface area contributed by atoms with E-state index < -0.39 is 0 Å². The number of thioether (sulfide) groups is 1. The Morgan fingerprint density at radius 2 is 1.78 bits per heavy atom. The van der Waals surface area contributed by atoms with Gasteiger partial charge < -0.3 is 5.73 Å². The molecule has 1 aliphatic carbocycles. The molecule has 2 N–H and O–H groups in total. The Bertz CT molecular complexity index is 389. The summed E-state index contributed by atoms with van der Waals surface area (Å²) in [4.78, 5) is 1.43. The molecule has 2 atom stereocenters. The molecule has 18 heavy (non-hydrogen) atoms. The van der Waals surface area contributed by atoms with Gasteiger partial charge in [-0.15, -0.1) is 11.8 Å². The molecule has 2 rings (SSSR count).